The molecule has 0 radical (unpaired) electrons. The summed E-state index contributed by atoms with van der Waals surface area (Å²) in [5, 5.41) is 0. The number of nitrogens with zero attached hydrogens (tertiary/aromatic N) is 2. The van der Waals surface area contributed by atoms with E-state index in [-0.39, 0.29) is 12.4 Å². The smallest absolute Gasteiger partial charge is 0.396 e. The van der Waals surface area contributed by atoms with E-state index in [4.69, 9.17) is 0 Å². The van der Waals surface area contributed by atoms with Crippen molar-refractivity contribution in [2.45, 2.75) is 19.1 Å². The highest BCUT2D eigenvalue weighted by atomic mass is 19.4. The number of halogens is 3. The highest BCUT2D eigenvalue weighted by molar-refractivity contribution is 5.89. The predicted molar refractivity (Wildman–Crippen MR) is 68.9 cm³/mol. The molecule has 0 bridgehead atoms. The second-order valence-corrected chi connectivity index (χ2v) is 4.45. The molecule has 1 aromatic heterocycles. The van der Waals surface area contributed by atoms with Crippen molar-refractivity contribution in [3.63, 3.8) is 0 Å². The number of hydrogen-bond donors (Lipinski definition) is 0. The number of alkyl halides is 3. The molecule has 7 heteroatoms. The summed E-state index contributed by atoms with van der Waals surface area (Å²) in [6.07, 6.45) is -2.53. The second-order valence-electron chi connectivity index (χ2n) is 4.45. The van der Waals surface area contributed by atoms with Gasteiger partial charge in [-0.15, -0.1) is 0 Å². The third-order valence-electron chi connectivity index (χ3n) is 2.89. The van der Waals surface area contributed by atoms with Gasteiger partial charge in [0.15, 0.2) is 0 Å². The standard InChI is InChI=1S/C14H13F3N2O2/c1-21-13(20)11-4-2-10(3-5-11)9-19-7-6-18-12(19)8-14(15,16)17/h2-7H,8-9H2,1H3. The van der Waals surface area contributed by atoms with E-state index in [0.717, 1.165) is 5.56 Å². The van der Waals surface area contributed by atoms with Crippen molar-refractivity contribution in [3.05, 3.63) is 53.6 Å². The van der Waals surface area contributed by atoms with Gasteiger partial charge in [0, 0.05) is 18.9 Å². The Morgan fingerprint density at radius 2 is 1.95 bits per heavy atom. The molecule has 1 aromatic carbocycles. The van der Waals surface area contributed by atoms with E-state index in [1.54, 1.807) is 24.3 Å². The number of rotatable bonds is 4. The molecule has 0 fully saturated rings. The maximum atomic E-state index is 12.4. The first-order chi connectivity index (χ1) is 9.89. The van der Waals surface area contributed by atoms with Crippen molar-refractivity contribution in [3.8, 4) is 0 Å². The van der Waals surface area contributed by atoms with Crippen LogP contribution in [0.2, 0.25) is 0 Å². The lowest BCUT2D eigenvalue weighted by Gasteiger charge is -2.10. The maximum absolute atomic E-state index is 12.4. The monoisotopic (exact) mass is 298 g/mol. The summed E-state index contributed by atoms with van der Waals surface area (Å²) in [6.45, 7) is 0.257. The molecular weight excluding hydrogens is 285 g/mol. The minimum absolute atomic E-state index is 0.0421. The molecule has 0 N–H and O–H groups in total. The summed E-state index contributed by atoms with van der Waals surface area (Å²) in [5.74, 6) is -0.499. The summed E-state index contributed by atoms with van der Waals surface area (Å²) in [4.78, 5) is 15.0. The molecule has 0 aliphatic heterocycles. The Morgan fingerprint density at radius 3 is 2.52 bits per heavy atom. The molecule has 1 heterocycles. The van der Waals surface area contributed by atoms with E-state index in [9.17, 15) is 18.0 Å². The first-order valence-corrected chi connectivity index (χ1v) is 6.13. The van der Waals surface area contributed by atoms with Crippen LogP contribution in [0.1, 0.15) is 21.7 Å². The average Bonchev–Trinajstić information content (AvgIpc) is 2.84. The molecule has 4 nitrogen and oxygen atoms in total. The lowest BCUT2D eigenvalue weighted by atomic mass is 10.1. The number of esters is 1. The Hall–Kier alpha value is -2.31. The number of carbonyl (C=O) groups is 1. The maximum Gasteiger partial charge on any atom is 0.396 e. The Labute approximate surface area is 119 Å². The highest BCUT2D eigenvalue weighted by Gasteiger charge is 2.30. The normalized spacial score (nSPS) is 11.4. The van der Waals surface area contributed by atoms with E-state index >= 15 is 0 Å². The van der Waals surface area contributed by atoms with Crippen molar-refractivity contribution < 1.29 is 22.7 Å². The zero-order valence-corrected chi connectivity index (χ0v) is 11.2. The first kappa shape index (κ1) is 15.1. The quantitative estimate of drug-likeness (QED) is 0.815. The van der Waals surface area contributed by atoms with Gasteiger partial charge in [0.1, 0.15) is 12.2 Å². The molecule has 0 unspecified atom stereocenters. The van der Waals surface area contributed by atoms with Crippen molar-refractivity contribution in [2.24, 2.45) is 0 Å². The number of methoxy groups -OCH3 is 1. The molecule has 0 saturated heterocycles. The van der Waals surface area contributed by atoms with E-state index in [0.29, 0.717) is 5.56 Å². The molecule has 2 rings (SSSR count). The van der Waals surface area contributed by atoms with Gasteiger partial charge in [-0.2, -0.15) is 13.2 Å². The highest BCUT2D eigenvalue weighted by Crippen LogP contribution is 2.20. The topological polar surface area (TPSA) is 44.1 Å². The van der Waals surface area contributed by atoms with Gasteiger partial charge in [-0.05, 0) is 17.7 Å². The number of imidazole rings is 1. The average molecular weight is 298 g/mol. The summed E-state index contributed by atoms with van der Waals surface area (Å²) in [5.41, 5.74) is 1.16. The molecule has 0 atom stereocenters. The molecule has 0 aliphatic rings. The molecule has 0 amide bonds. The van der Waals surface area contributed by atoms with Crippen LogP contribution in [-0.4, -0.2) is 28.8 Å². The van der Waals surface area contributed by atoms with Crippen LogP contribution in [0, 0.1) is 0 Å². The Bertz CT molecular complexity index is 618. The van der Waals surface area contributed by atoms with Gasteiger partial charge < -0.3 is 9.30 Å². The number of carbonyl (C=O) groups excluding carboxylic acids is 1. The molecular formula is C14H13F3N2O2. The van der Waals surface area contributed by atoms with Crippen LogP contribution < -0.4 is 0 Å². The Morgan fingerprint density at radius 1 is 1.29 bits per heavy atom. The summed E-state index contributed by atoms with van der Waals surface area (Å²) in [6, 6.07) is 6.48. The van der Waals surface area contributed by atoms with Gasteiger partial charge in [-0.3, -0.25) is 0 Å². The van der Waals surface area contributed by atoms with Gasteiger partial charge in [-0.25, -0.2) is 9.78 Å². The molecule has 0 spiro atoms. The van der Waals surface area contributed by atoms with E-state index in [2.05, 4.69) is 9.72 Å². The fourth-order valence-electron chi connectivity index (χ4n) is 1.89. The number of aromatic nitrogens is 2. The number of hydrogen-bond acceptors (Lipinski definition) is 3. The van der Waals surface area contributed by atoms with Crippen molar-refractivity contribution in [1.82, 2.24) is 9.55 Å². The summed E-state index contributed by atoms with van der Waals surface area (Å²) < 4.78 is 43.2. The third-order valence-corrected chi connectivity index (χ3v) is 2.89. The van der Waals surface area contributed by atoms with Crippen LogP contribution in [-0.2, 0) is 17.7 Å². The van der Waals surface area contributed by atoms with Gasteiger partial charge >= 0.3 is 12.1 Å². The predicted octanol–water partition coefficient (Wildman–Crippen LogP) is 2.82. The van der Waals surface area contributed by atoms with E-state index in [1.807, 2.05) is 0 Å². The molecule has 0 saturated carbocycles. The van der Waals surface area contributed by atoms with Crippen molar-refractivity contribution >= 4 is 5.97 Å². The summed E-state index contributed by atoms with van der Waals surface area (Å²) in [7, 11) is 1.28. The van der Waals surface area contributed by atoms with Crippen LogP contribution in [0.15, 0.2) is 36.7 Å². The van der Waals surface area contributed by atoms with Crippen LogP contribution in [0.4, 0.5) is 13.2 Å². The first-order valence-electron chi connectivity index (χ1n) is 6.13. The minimum atomic E-state index is -4.29. The van der Waals surface area contributed by atoms with Gasteiger partial charge in [0.25, 0.3) is 0 Å². The van der Waals surface area contributed by atoms with Gasteiger partial charge in [0.05, 0.1) is 12.7 Å². The SMILES string of the molecule is COC(=O)c1ccc(Cn2ccnc2CC(F)(F)F)cc1. The minimum Gasteiger partial charge on any atom is -0.465 e. The Kier molecular flexibility index (Phi) is 4.30. The zero-order chi connectivity index (χ0) is 15.5. The summed E-state index contributed by atoms with van der Waals surface area (Å²) >= 11 is 0. The van der Waals surface area contributed by atoms with Crippen molar-refractivity contribution in [1.29, 1.82) is 0 Å². The van der Waals surface area contributed by atoms with Crippen LogP contribution >= 0.6 is 0 Å². The van der Waals surface area contributed by atoms with Crippen LogP contribution in [0.5, 0.6) is 0 Å². The Balaban J connectivity index is 2.12. The number of ether oxygens (including phenoxy) is 1. The fourth-order valence-corrected chi connectivity index (χ4v) is 1.89. The third kappa shape index (κ3) is 4.08. The van der Waals surface area contributed by atoms with Crippen molar-refractivity contribution in [2.75, 3.05) is 7.11 Å². The van der Waals surface area contributed by atoms with E-state index < -0.39 is 18.6 Å². The second kappa shape index (κ2) is 5.99. The van der Waals surface area contributed by atoms with E-state index in [1.165, 1.54) is 24.1 Å². The van der Waals surface area contributed by atoms with Gasteiger partial charge in [-0.1, -0.05) is 12.1 Å². The van der Waals surface area contributed by atoms with Crippen LogP contribution in [0.3, 0.4) is 0 Å². The molecule has 0 aliphatic carbocycles. The van der Waals surface area contributed by atoms with Crippen LogP contribution in [0.25, 0.3) is 0 Å². The lowest BCUT2D eigenvalue weighted by Crippen LogP contribution is -2.16. The number of benzene rings is 1. The fraction of sp³-hybridized carbons (Fsp3) is 0.286. The molecule has 2 aromatic rings. The molecule has 21 heavy (non-hydrogen) atoms. The largest absolute Gasteiger partial charge is 0.465 e. The zero-order valence-electron chi connectivity index (χ0n) is 11.2. The molecule has 112 valence electrons. The lowest BCUT2D eigenvalue weighted by molar-refractivity contribution is -0.128. The van der Waals surface area contributed by atoms with Gasteiger partial charge in [0.2, 0.25) is 0 Å².